The summed E-state index contributed by atoms with van der Waals surface area (Å²) in [6.07, 6.45) is 1.43. The van der Waals surface area contributed by atoms with E-state index in [1.165, 1.54) is 6.21 Å². The van der Waals surface area contributed by atoms with Crippen molar-refractivity contribution >= 4 is 23.2 Å². The summed E-state index contributed by atoms with van der Waals surface area (Å²) in [5, 5.41) is 9.37. The van der Waals surface area contributed by atoms with Gasteiger partial charge in [0.25, 0.3) is 0 Å². The Morgan fingerprint density at radius 3 is 2.88 bits per heavy atom. The number of hydrogen-bond donors (Lipinski definition) is 2. The smallest absolute Gasteiger partial charge is 0.307 e. The molecule has 0 unspecified atom stereocenters. The minimum absolute atomic E-state index is 0.168. The number of aromatic nitrogens is 1. The first-order valence-corrected chi connectivity index (χ1v) is 5.61. The van der Waals surface area contributed by atoms with E-state index in [9.17, 15) is 9.90 Å². The van der Waals surface area contributed by atoms with Crippen LogP contribution in [0.4, 0.5) is 5.69 Å². The molecular formula is C11H10N2O3S. The second-order valence-corrected chi connectivity index (χ2v) is 4.17. The van der Waals surface area contributed by atoms with Crippen LogP contribution in [0, 0.1) is 0 Å². The molecule has 2 aromatic rings. The van der Waals surface area contributed by atoms with Gasteiger partial charge in [-0.15, -0.1) is 0 Å². The molecular weight excluding hydrogens is 240 g/mol. The van der Waals surface area contributed by atoms with Crippen LogP contribution < -0.4 is 9.61 Å². The number of aliphatic imine (C=N–C) groups is 1. The molecule has 0 radical (unpaired) electrons. The third-order valence-corrected chi connectivity index (χ3v) is 2.87. The van der Waals surface area contributed by atoms with Crippen molar-refractivity contribution in [1.82, 2.24) is 4.98 Å². The van der Waals surface area contributed by atoms with E-state index in [0.717, 1.165) is 11.3 Å². The minimum atomic E-state index is -0.316. The van der Waals surface area contributed by atoms with Gasteiger partial charge in [0.15, 0.2) is 0 Å². The van der Waals surface area contributed by atoms with Crippen molar-refractivity contribution < 1.29 is 9.84 Å². The number of aromatic amines is 1. The lowest BCUT2D eigenvalue weighted by molar-refractivity contribution is 0.416. The van der Waals surface area contributed by atoms with E-state index in [2.05, 4.69) is 9.98 Å². The number of thiazole rings is 1. The van der Waals surface area contributed by atoms with E-state index in [1.807, 2.05) is 12.1 Å². The fourth-order valence-electron chi connectivity index (χ4n) is 1.28. The maximum absolute atomic E-state index is 11.0. The molecule has 1 aromatic heterocycles. The average molecular weight is 250 g/mol. The van der Waals surface area contributed by atoms with Crippen molar-refractivity contribution in [3.05, 3.63) is 38.8 Å². The van der Waals surface area contributed by atoms with Crippen molar-refractivity contribution in [2.24, 2.45) is 4.99 Å². The predicted molar refractivity (Wildman–Crippen MR) is 66.9 cm³/mol. The first-order valence-electron chi connectivity index (χ1n) is 4.80. The number of rotatable bonds is 3. The molecule has 1 aromatic carbocycles. The first-order chi connectivity index (χ1) is 8.20. The van der Waals surface area contributed by atoms with Gasteiger partial charge in [0, 0.05) is 0 Å². The monoisotopic (exact) mass is 250 g/mol. The number of para-hydroxylation sites is 2. The lowest BCUT2D eigenvalue weighted by Gasteiger charge is -2.02. The van der Waals surface area contributed by atoms with Gasteiger partial charge in [0.2, 0.25) is 5.88 Å². The molecule has 1 heterocycles. The quantitative estimate of drug-likeness (QED) is 0.817. The molecule has 88 valence electrons. The Kier molecular flexibility index (Phi) is 3.24. The number of nitrogens with one attached hydrogen (secondary N) is 1. The summed E-state index contributed by atoms with van der Waals surface area (Å²) in [5.74, 6) is 0.463. The standard InChI is InChI=1S/C11H10N2O3S/c1-16-8-5-3-2-4-7(8)12-6-9-10(14)13-11(15)17-9/h2-6,14H,1H3,(H,13,15). The highest BCUT2D eigenvalue weighted by atomic mass is 32.1. The molecule has 6 heteroatoms. The van der Waals surface area contributed by atoms with E-state index in [0.29, 0.717) is 16.3 Å². The number of benzene rings is 1. The first kappa shape index (κ1) is 11.4. The van der Waals surface area contributed by atoms with Crippen LogP contribution in [0.1, 0.15) is 4.88 Å². The Morgan fingerprint density at radius 2 is 2.24 bits per heavy atom. The van der Waals surface area contributed by atoms with E-state index >= 15 is 0 Å². The summed E-state index contributed by atoms with van der Waals surface area (Å²) in [6, 6.07) is 7.23. The molecule has 0 bridgehead atoms. The van der Waals surface area contributed by atoms with Crippen molar-refractivity contribution in [3.8, 4) is 11.6 Å². The Hall–Kier alpha value is -2.08. The van der Waals surface area contributed by atoms with E-state index in [4.69, 9.17) is 4.74 Å². The Labute approximate surface area is 101 Å². The summed E-state index contributed by atoms with van der Waals surface area (Å²) in [4.78, 5) is 17.5. The molecule has 0 aliphatic rings. The fraction of sp³-hybridized carbons (Fsp3) is 0.0909. The number of hydrogen-bond acceptors (Lipinski definition) is 5. The molecule has 2 rings (SSSR count). The van der Waals surface area contributed by atoms with Gasteiger partial charge in [-0.3, -0.25) is 14.8 Å². The van der Waals surface area contributed by atoms with Gasteiger partial charge in [0.1, 0.15) is 16.3 Å². The zero-order chi connectivity index (χ0) is 12.3. The summed E-state index contributed by atoms with van der Waals surface area (Å²) < 4.78 is 5.13. The van der Waals surface area contributed by atoms with Gasteiger partial charge in [0.05, 0.1) is 13.3 Å². The van der Waals surface area contributed by atoms with Gasteiger partial charge in [-0.1, -0.05) is 23.5 Å². The molecule has 2 N–H and O–H groups in total. The molecule has 0 atom stereocenters. The van der Waals surface area contributed by atoms with Crippen LogP contribution >= 0.6 is 11.3 Å². The van der Waals surface area contributed by atoms with Crippen LogP contribution in [0.15, 0.2) is 34.1 Å². The lowest BCUT2D eigenvalue weighted by Crippen LogP contribution is -1.89. The van der Waals surface area contributed by atoms with Gasteiger partial charge in [-0.2, -0.15) is 0 Å². The number of methoxy groups -OCH3 is 1. The normalized spacial score (nSPS) is 10.9. The number of aromatic hydroxyl groups is 1. The number of H-pyrrole nitrogens is 1. The number of ether oxygens (including phenoxy) is 1. The Balaban J connectivity index is 2.32. The fourth-order valence-corrected chi connectivity index (χ4v) is 1.88. The van der Waals surface area contributed by atoms with E-state index in [1.54, 1.807) is 19.2 Å². The molecule has 0 saturated carbocycles. The van der Waals surface area contributed by atoms with Gasteiger partial charge >= 0.3 is 4.87 Å². The largest absolute Gasteiger partial charge is 0.494 e. The highest BCUT2D eigenvalue weighted by molar-refractivity contribution is 7.11. The number of nitrogens with zero attached hydrogens (tertiary/aromatic N) is 1. The van der Waals surface area contributed by atoms with Crippen molar-refractivity contribution in [1.29, 1.82) is 0 Å². The third-order valence-electron chi connectivity index (χ3n) is 2.06. The Morgan fingerprint density at radius 1 is 1.47 bits per heavy atom. The highest BCUT2D eigenvalue weighted by Crippen LogP contribution is 2.26. The van der Waals surface area contributed by atoms with Crippen LogP contribution in [-0.4, -0.2) is 23.4 Å². The minimum Gasteiger partial charge on any atom is -0.494 e. The van der Waals surface area contributed by atoms with E-state index in [-0.39, 0.29) is 10.8 Å². The van der Waals surface area contributed by atoms with Gasteiger partial charge in [-0.05, 0) is 12.1 Å². The molecule has 17 heavy (non-hydrogen) atoms. The zero-order valence-electron chi connectivity index (χ0n) is 9.01. The third kappa shape index (κ3) is 2.54. The molecule has 0 fully saturated rings. The predicted octanol–water partition coefficient (Wildman–Crippen LogP) is 1.90. The lowest BCUT2D eigenvalue weighted by atomic mass is 10.3. The second-order valence-electron chi connectivity index (χ2n) is 3.16. The molecule has 0 amide bonds. The summed E-state index contributed by atoms with van der Waals surface area (Å²) in [5.41, 5.74) is 0.634. The van der Waals surface area contributed by atoms with Crippen molar-refractivity contribution in [2.45, 2.75) is 0 Å². The molecule has 0 saturated heterocycles. The van der Waals surface area contributed by atoms with Crippen molar-refractivity contribution in [2.75, 3.05) is 7.11 Å². The topological polar surface area (TPSA) is 74.7 Å². The van der Waals surface area contributed by atoms with Gasteiger partial charge < -0.3 is 9.84 Å². The highest BCUT2D eigenvalue weighted by Gasteiger charge is 2.04. The Bertz CT molecular complexity index is 601. The van der Waals surface area contributed by atoms with Crippen LogP contribution in [0.3, 0.4) is 0 Å². The molecule has 0 aliphatic heterocycles. The van der Waals surface area contributed by atoms with Gasteiger partial charge in [-0.25, -0.2) is 0 Å². The molecule has 5 nitrogen and oxygen atoms in total. The molecule has 0 spiro atoms. The molecule has 0 aliphatic carbocycles. The van der Waals surface area contributed by atoms with Crippen LogP contribution in [0.5, 0.6) is 11.6 Å². The summed E-state index contributed by atoms with van der Waals surface area (Å²) >= 11 is 0.896. The van der Waals surface area contributed by atoms with Crippen LogP contribution in [-0.2, 0) is 0 Å². The van der Waals surface area contributed by atoms with E-state index < -0.39 is 0 Å². The van der Waals surface area contributed by atoms with Crippen LogP contribution in [0.25, 0.3) is 0 Å². The van der Waals surface area contributed by atoms with Crippen molar-refractivity contribution in [3.63, 3.8) is 0 Å². The summed E-state index contributed by atoms with van der Waals surface area (Å²) in [6.45, 7) is 0. The second kappa shape index (κ2) is 4.84. The van der Waals surface area contributed by atoms with Crippen LogP contribution in [0.2, 0.25) is 0 Å². The maximum Gasteiger partial charge on any atom is 0.307 e. The summed E-state index contributed by atoms with van der Waals surface area (Å²) in [7, 11) is 1.56. The zero-order valence-corrected chi connectivity index (χ0v) is 9.82. The SMILES string of the molecule is COc1ccccc1N=Cc1sc(=O)[nH]c1O. The average Bonchev–Trinajstić information content (AvgIpc) is 2.65. The maximum atomic E-state index is 11.0.